The van der Waals surface area contributed by atoms with Crippen LogP contribution in [0.15, 0.2) is 30.3 Å². The lowest BCUT2D eigenvalue weighted by atomic mass is 9.42. The molecule has 3 aliphatic rings. The number of nitrogens with zero attached hydrogens (tertiary/aromatic N) is 2. The zero-order valence-corrected chi connectivity index (χ0v) is 27.7. The van der Waals surface area contributed by atoms with Crippen LogP contribution in [-0.4, -0.2) is 84.0 Å². The zero-order valence-electron chi connectivity index (χ0n) is 27.7. The molecule has 0 spiro atoms. The summed E-state index contributed by atoms with van der Waals surface area (Å²) in [6, 6.07) is 8.62. The third-order valence-electron chi connectivity index (χ3n) is 10.6. The molecule has 0 radical (unpaired) electrons. The molecule has 5 rings (SSSR count). The van der Waals surface area contributed by atoms with Gasteiger partial charge in [-0.3, -0.25) is 28.9 Å². The van der Waals surface area contributed by atoms with Crippen molar-refractivity contribution in [2.24, 2.45) is 28.4 Å². The van der Waals surface area contributed by atoms with Gasteiger partial charge >= 0.3 is 0 Å². The Morgan fingerprint density at radius 2 is 1.65 bits per heavy atom. The third-order valence-corrected chi connectivity index (χ3v) is 10.6. The highest BCUT2D eigenvalue weighted by Gasteiger charge is 2.76. The van der Waals surface area contributed by atoms with Crippen LogP contribution in [0.3, 0.4) is 0 Å². The van der Waals surface area contributed by atoms with Crippen LogP contribution < -0.4 is 16.0 Å². The van der Waals surface area contributed by atoms with Gasteiger partial charge in [-0.2, -0.15) is 0 Å². The molecule has 6 atom stereocenters. The van der Waals surface area contributed by atoms with Crippen LogP contribution in [0.2, 0.25) is 0 Å². The SMILES string of the molecule is CC(C)c1ccc(CNc2cc(N(C)C)c3c(c2O)C(=O)C2C(=O)[C@]4(O)C(=O)C(C(N)=O)C(=O)[C@@H](N(C)C)[C@]4(C)C[C@]2(C)C3)cc1. The highest BCUT2D eigenvalue weighted by atomic mass is 16.3. The lowest BCUT2D eigenvalue weighted by molar-refractivity contribution is -0.203. The van der Waals surface area contributed by atoms with Crippen molar-refractivity contribution in [3.63, 3.8) is 0 Å². The van der Waals surface area contributed by atoms with Crippen LogP contribution in [0.25, 0.3) is 0 Å². The number of aliphatic hydroxyl groups is 1. The third kappa shape index (κ3) is 4.58. The summed E-state index contributed by atoms with van der Waals surface area (Å²) >= 11 is 0. The molecule has 1 amide bonds. The number of phenolic OH excluding ortho intramolecular Hbond substituents is 1. The van der Waals surface area contributed by atoms with Crippen molar-refractivity contribution in [3.05, 3.63) is 52.6 Å². The number of likely N-dealkylation sites (N-methyl/N-ethyl adjacent to an activating group) is 1. The van der Waals surface area contributed by atoms with Crippen LogP contribution in [0.5, 0.6) is 5.75 Å². The Balaban J connectivity index is 1.63. The van der Waals surface area contributed by atoms with E-state index >= 15 is 0 Å². The molecule has 2 aromatic carbocycles. The number of nitrogens with one attached hydrogen (secondary N) is 1. The first-order valence-electron chi connectivity index (χ1n) is 15.5. The average Bonchev–Trinajstić information content (AvgIpc) is 2.94. The second-order valence-corrected chi connectivity index (χ2v) is 14.6. The number of fused-ring (bicyclic) bond motifs is 3. The number of hydrogen-bond donors (Lipinski definition) is 4. The maximum Gasteiger partial charge on any atom is 0.235 e. The molecule has 11 nitrogen and oxygen atoms in total. The number of carbonyl (C=O) groups is 5. The Hall–Kier alpha value is -4.09. The Labute approximate surface area is 269 Å². The molecule has 0 heterocycles. The molecular weight excluding hydrogens is 588 g/mol. The first-order valence-corrected chi connectivity index (χ1v) is 15.5. The molecule has 2 unspecified atom stereocenters. The van der Waals surface area contributed by atoms with E-state index in [1.165, 1.54) is 17.4 Å². The van der Waals surface area contributed by atoms with Gasteiger partial charge in [-0.25, -0.2) is 0 Å². The normalized spacial score (nSPS) is 30.6. The van der Waals surface area contributed by atoms with Crippen LogP contribution in [-0.2, 0) is 32.1 Å². The summed E-state index contributed by atoms with van der Waals surface area (Å²) in [4.78, 5) is 72.1. The van der Waals surface area contributed by atoms with E-state index in [4.69, 9.17) is 5.73 Å². The molecule has 2 saturated carbocycles. The van der Waals surface area contributed by atoms with Gasteiger partial charge in [0.2, 0.25) is 5.91 Å². The minimum absolute atomic E-state index is 0.0539. The van der Waals surface area contributed by atoms with Crippen molar-refractivity contribution in [1.82, 2.24) is 4.90 Å². The smallest absolute Gasteiger partial charge is 0.235 e. The maximum atomic E-state index is 14.5. The molecule has 46 heavy (non-hydrogen) atoms. The van der Waals surface area contributed by atoms with Crippen molar-refractivity contribution in [1.29, 1.82) is 0 Å². The summed E-state index contributed by atoms with van der Waals surface area (Å²) < 4.78 is 0. The summed E-state index contributed by atoms with van der Waals surface area (Å²) in [6.07, 6.45) is 0.0832. The molecule has 11 heteroatoms. The van der Waals surface area contributed by atoms with Gasteiger partial charge in [0.25, 0.3) is 0 Å². The first-order chi connectivity index (χ1) is 21.3. The number of phenols is 1. The van der Waals surface area contributed by atoms with Crippen molar-refractivity contribution in [2.75, 3.05) is 38.4 Å². The quantitative estimate of drug-likeness (QED) is 0.263. The topological polar surface area (TPSA) is 170 Å². The highest BCUT2D eigenvalue weighted by molar-refractivity contribution is 6.33. The number of rotatable bonds is 7. The fraction of sp³-hybridized carbons (Fsp3) is 0.514. The van der Waals surface area contributed by atoms with E-state index < -0.39 is 63.3 Å². The van der Waals surface area contributed by atoms with Gasteiger partial charge in [0.15, 0.2) is 34.7 Å². The molecule has 0 aromatic heterocycles. The van der Waals surface area contributed by atoms with Crippen LogP contribution in [0.4, 0.5) is 11.4 Å². The van der Waals surface area contributed by atoms with Gasteiger partial charge in [0, 0.05) is 31.7 Å². The van der Waals surface area contributed by atoms with E-state index in [0.717, 1.165) is 5.56 Å². The molecule has 0 saturated heterocycles. The minimum atomic E-state index is -2.84. The average molecular weight is 633 g/mol. The van der Waals surface area contributed by atoms with Crippen molar-refractivity contribution in [2.45, 2.75) is 64.6 Å². The summed E-state index contributed by atoms with van der Waals surface area (Å²) in [6.45, 7) is 7.81. The van der Waals surface area contributed by atoms with Crippen LogP contribution in [0, 0.1) is 22.7 Å². The van der Waals surface area contributed by atoms with E-state index in [2.05, 4.69) is 19.2 Å². The zero-order chi connectivity index (χ0) is 34.3. The molecule has 2 fully saturated rings. The maximum absolute atomic E-state index is 14.5. The number of anilines is 2. The number of benzene rings is 2. The second kappa shape index (κ2) is 11.0. The van der Waals surface area contributed by atoms with E-state index in [0.29, 0.717) is 29.4 Å². The van der Waals surface area contributed by atoms with E-state index in [9.17, 15) is 34.2 Å². The van der Waals surface area contributed by atoms with Crippen molar-refractivity contribution in [3.8, 4) is 5.75 Å². The molecule has 0 bridgehead atoms. The number of aromatic hydroxyl groups is 1. The molecule has 2 aromatic rings. The summed E-state index contributed by atoms with van der Waals surface area (Å²) in [7, 11) is 6.77. The van der Waals surface area contributed by atoms with Crippen molar-refractivity contribution < 1.29 is 34.2 Å². The second-order valence-electron chi connectivity index (χ2n) is 14.6. The minimum Gasteiger partial charge on any atom is -0.505 e. The summed E-state index contributed by atoms with van der Waals surface area (Å²) in [5.74, 6) is -8.66. The van der Waals surface area contributed by atoms with E-state index in [1.807, 2.05) is 43.3 Å². The van der Waals surface area contributed by atoms with Gasteiger partial charge in [-0.05, 0) is 61.0 Å². The largest absolute Gasteiger partial charge is 0.505 e. The number of Topliss-reactive ketones (excluding diaryl/α,β-unsaturated/α-hetero) is 4. The predicted molar refractivity (Wildman–Crippen MR) is 173 cm³/mol. The summed E-state index contributed by atoms with van der Waals surface area (Å²) in [5.41, 5.74) is 3.39. The van der Waals surface area contributed by atoms with Gasteiger partial charge in [-0.15, -0.1) is 0 Å². The molecular formula is C35H44N4O7. The molecule has 246 valence electrons. The van der Waals surface area contributed by atoms with E-state index in [-0.39, 0.29) is 24.2 Å². The first kappa shape index (κ1) is 33.3. The Morgan fingerprint density at radius 3 is 2.17 bits per heavy atom. The standard InChI is InChI=1S/C35H44N4O7/c1-17(2)19-11-9-18(10-12-19)15-37-21-13-22(38(5)6)20-14-33(3)16-34(4)29(39(7)8)28(42)24(32(36)45)30(43)35(34,46)31(44)25(33)27(41)23(20)26(21)40/h9-13,17,24-25,29,37,40,46H,14-16H2,1-8H3,(H2,36,45)/t24?,25?,29-,33+,34+,35-/m1/s1. The Kier molecular flexibility index (Phi) is 7.97. The Morgan fingerprint density at radius 1 is 1.04 bits per heavy atom. The van der Waals surface area contributed by atoms with Crippen LogP contribution in [0.1, 0.15) is 67.1 Å². The Bertz CT molecular complexity index is 1670. The van der Waals surface area contributed by atoms with Gasteiger partial charge < -0.3 is 26.2 Å². The summed E-state index contributed by atoms with van der Waals surface area (Å²) in [5, 5.41) is 27.0. The van der Waals surface area contributed by atoms with Crippen LogP contribution >= 0.6 is 0 Å². The lowest BCUT2D eigenvalue weighted by Crippen LogP contribution is -2.79. The predicted octanol–water partition coefficient (Wildman–Crippen LogP) is 2.45. The number of carbonyl (C=O) groups excluding carboxylic acids is 5. The number of nitrogens with two attached hydrogens (primary N) is 1. The monoisotopic (exact) mass is 632 g/mol. The van der Waals surface area contributed by atoms with Gasteiger partial charge in [0.1, 0.15) is 5.75 Å². The molecule has 0 aliphatic heterocycles. The fourth-order valence-electron chi connectivity index (χ4n) is 8.52. The number of ketones is 4. The van der Waals surface area contributed by atoms with Gasteiger partial charge in [0.05, 0.1) is 23.2 Å². The number of amides is 1. The van der Waals surface area contributed by atoms with E-state index in [1.54, 1.807) is 27.1 Å². The number of hydrogen-bond acceptors (Lipinski definition) is 10. The molecule has 3 aliphatic carbocycles. The molecule has 5 N–H and O–H groups in total. The van der Waals surface area contributed by atoms with Gasteiger partial charge in [-0.1, -0.05) is 52.0 Å². The lowest BCUT2D eigenvalue weighted by Gasteiger charge is -2.61. The highest BCUT2D eigenvalue weighted by Crippen LogP contribution is 2.62. The number of primary amides is 1. The van der Waals surface area contributed by atoms with Crippen molar-refractivity contribution >= 4 is 40.4 Å². The fourth-order valence-corrected chi connectivity index (χ4v) is 8.52.